The van der Waals surface area contributed by atoms with Gasteiger partial charge in [0, 0.05) is 11.6 Å². The molecule has 0 saturated carbocycles. The van der Waals surface area contributed by atoms with Crippen LogP contribution < -0.4 is 9.47 Å². The summed E-state index contributed by atoms with van der Waals surface area (Å²) in [5, 5.41) is 7.37. The summed E-state index contributed by atoms with van der Waals surface area (Å²) >= 11 is 0. The number of methoxy groups -OCH3 is 2. The Hall–Kier alpha value is -3.01. The van der Waals surface area contributed by atoms with E-state index in [9.17, 15) is 0 Å². The lowest BCUT2D eigenvalue weighted by atomic mass is 10.1. The molecule has 4 nitrogen and oxygen atoms in total. The van der Waals surface area contributed by atoms with Crippen LogP contribution >= 0.6 is 0 Å². The predicted octanol–water partition coefficient (Wildman–Crippen LogP) is 4.26. The summed E-state index contributed by atoms with van der Waals surface area (Å²) in [6, 6.07) is 17.8. The molecule has 0 radical (unpaired) electrons. The SMILES string of the molecule is COc1cc(/C=C/c2cc(-c3ccccc3)n[nH]2)cc(OC)c1. The molecule has 0 atom stereocenters. The first-order chi connectivity index (χ1) is 11.3. The van der Waals surface area contributed by atoms with Gasteiger partial charge in [0.25, 0.3) is 0 Å². The van der Waals surface area contributed by atoms with E-state index in [1.807, 2.05) is 66.7 Å². The molecule has 116 valence electrons. The van der Waals surface area contributed by atoms with Gasteiger partial charge in [0.1, 0.15) is 11.5 Å². The fourth-order valence-electron chi connectivity index (χ4n) is 2.29. The fourth-order valence-corrected chi connectivity index (χ4v) is 2.29. The molecule has 1 aromatic heterocycles. The van der Waals surface area contributed by atoms with Gasteiger partial charge >= 0.3 is 0 Å². The Morgan fingerprint density at radius 3 is 2.22 bits per heavy atom. The fraction of sp³-hybridized carbons (Fsp3) is 0.105. The number of rotatable bonds is 5. The molecule has 0 saturated heterocycles. The number of nitrogens with one attached hydrogen (secondary N) is 1. The molecule has 0 aliphatic heterocycles. The third-order valence-electron chi connectivity index (χ3n) is 3.50. The maximum atomic E-state index is 5.28. The molecule has 3 rings (SSSR count). The number of aromatic amines is 1. The maximum Gasteiger partial charge on any atom is 0.123 e. The average Bonchev–Trinajstić information content (AvgIpc) is 3.09. The van der Waals surface area contributed by atoms with Crippen molar-refractivity contribution in [3.05, 3.63) is 65.9 Å². The van der Waals surface area contributed by atoms with Gasteiger partial charge in [0.2, 0.25) is 0 Å². The topological polar surface area (TPSA) is 47.1 Å². The second kappa shape index (κ2) is 6.83. The largest absolute Gasteiger partial charge is 0.497 e. The van der Waals surface area contributed by atoms with Crippen molar-refractivity contribution in [1.29, 1.82) is 0 Å². The summed E-state index contributed by atoms with van der Waals surface area (Å²) in [5.41, 5.74) is 3.95. The number of hydrogen-bond acceptors (Lipinski definition) is 3. The molecular formula is C19H18N2O2. The Morgan fingerprint density at radius 1 is 0.870 bits per heavy atom. The smallest absolute Gasteiger partial charge is 0.123 e. The molecular weight excluding hydrogens is 288 g/mol. The molecule has 2 aromatic carbocycles. The molecule has 1 N–H and O–H groups in total. The zero-order valence-electron chi connectivity index (χ0n) is 13.1. The van der Waals surface area contributed by atoms with Crippen molar-refractivity contribution in [2.75, 3.05) is 14.2 Å². The summed E-state index contributed by atoms with van der Waals surface area (Å²) in [5.74, 6) is 1.53. The molecule has 0 fully saturated rings. The normalized spacial score (nSPS) is 10.9. The molecule has 0 amide bonds. The van der Waals surface area contributed by atoms with Gasteiger partial charge in [0.05, 0.1) is 25.6 Å². The van der Waals surface area contributed by atoms with Crippen LogP contribution in [0.3, 0.4) is 0 Å². The molecule has 0 aliphatic rings. The van der Waals surface area contributed by atoms with E-state index in [-0.39, 0.29) is 0 Å². The predicted molar refractivity (Wildman–Crippen MR) is 92.5 cm³/mol. The van der Waals surface area contributed by atoms with Gasteiger partial charge in [-0.1, -0.05) is 36.4 Å². The standard InChI is InChI=1S/C19H18N2O2/c1-22-17-10-14(11-18(13-17)23-2)8-9-16-12-19(21-20-16)15-6-4-3-5-7-15/h3-13H,1-2H3,(H,20,21)/b9-8+. The van der Waals surface area contributed by atoms with Gasteiger partial charge in [-0.2, -0.15) is 5.10 Å². The first-order valence-corrected chi connectivity index (χ1v) is 7.30. The van der Waals surface area contributed by atoms with Crippen molar-refractivity contribution < 1.29 is 9.47 Å². The van der Waals surface area contributed by atoms with Crippen molar-refractivity contribution in [1.82, 2.24) is 10.2 Å². The van der Waals surface area contributed by atoms with Crippen LogP contribution in [-0.2, 0) is 0 Å². The summed E-state index contributed by atoms with van der Waals surface area (Å²) in [4.78, 5) is 0. The van der Waals surface area contributed by atoms with E-state index in [0.29, 0.717) is 0 Å². The zero-order valence-corrected chi connectivity index (χ0v) is 13.1. The van der Waals surface area contributed by atoms with E-state index in [1.165, 1.54) is 0 Å². The molecule has 1 heterocycles. The lowest BCUT2D eigenvalue weighted by molar-refractivity contribution is 0.394. The zero-order chi connectivity index (χ0) is 16.1. The van der Waals surface area contributed by atoms with Gasteiger partial charge in [-0.05, 0) is 29.8 Å². The summed E-state index contributed by atoms with van der Waals surface area (Å²) < 4.78 is 10.6. The van der Waals surface area contributed by atoms with Crippen LogP contribution in [0.1, 0.15) is 11.3 Å². The third-order valence-corrected chi connectivity index (χ3v) is 3.50. The minimum atomic E-state index is 0.763. The second-order valence-corrected chi connectivity index (χ2v) is 5.05. The number of ether oxygens (including phenoxy) is 2. The molecule has 0 spiro atoms. The summed E-state index contributed by atoms with van der Waals surface area (Å²) in [6.45, 7) is 0. The highest BCUT2D eigenvalue weighted by Crippen LogP contribution is 2.24. The number of hydrogen-bond donors (Lipinski definition) is 1. The van der Waals surface area contributed by atoms with E-state index in [0.717, 1.165) is 34.0 Å². The lowest BCUT2D eigenvalue weighted by Gasteiger charge is -2.05. The Kier molecular flexibility index (Phi) is 4.43. The van der Waals surface area contributed by atoms with Crippen LogP contribution in [0.25, 0.3) is 23.4 Å². The van der Waals surface area contributed by atoms with Crippen molar-refractivity contribution in [3.8, 4) is 22.8 Å². The molecule has 23 heavy (non-hydrogen) atoms. The molecule has 0 bridgehead atoms. The minimum Gasteiger partial charge on any atom is -0.497 e. The first kappa shape index (κ1) is 14.9. The average molecular weight is 306 g/mol. The number of aromatic nitrogens is 2. The highest BCUT2D eigenvalue weighted by molar-refractivity contribution is 5.72. The van der Waals surface area contributed by atoms with Crippen molar-refractivity contribution in [2.24, 2.45) is 0 Å². The van der Waals surface area contributed by atoms with Crippen molar-refractivity contribution >= 4 is 12.2 Å². The van der Waals surface area contributed by atoms with E-state index < -0.39 is 0 Å². The molecule has 0 unspecified atom stereocenters. The quantitative estimate of drug-likeness (QED) is 0.766. The van der Waals surface area contributed by atoms with E-state index in [4.69, 9.17) is 9.47 Å². The van der Waals surface area contributed by atoms with Gasteiger partial charge in [-0.25, -0.2) is 0 Å². The van der Waals surface area contributed by atoms with Crippen LogP contribution in [0.5, 0.6) is 11.5 Å². The highest BCUT2D eigenvalue weighted by atomic mass is 16.5. The monoisotopic (exact) mass is 306 g/mol. The van der Waals surface area contributed by atoms with Crippen LogP contribution in [0, 0.1) is 0 Å². The Balaban J connectivity index is 1.82. The molecule has 4 heteroatoms. The van der Waals surface area contributed by atoms with Gasteiger partial charge < -0.3 is 9.47 Å². The minimum absolute atomic E-state index is 0.763. The molecule has 0 aliphatic carbocycles. The Bertz CT molecular complexity index is 785. The third kappa shape index (κ3) is 3.61. The lowest BCUT2D eigenvalue weighted by Crippen LogP contribution is -1.88. The summed E-state index contributed by atoms with van der Waals surface area (Å²) in [6.07, 6.45) is 3.97. The number of H-pyrrole nitrogens is 1. The summed E-state index contributed by atoms with van der Waals surface area (Å²) in [7, 11) is 3.28. The van der Waals surface area contributed by atoms with E-state index >= 15 is 0 Å². The van der Waals surface area contributed by atoms with Gasteiger partial charge in [0.15, 0.2) is 0 Å². The highest BCUT2D eigenvalue weighted by Gasteiger charge is 2.02. The molecule has 3 aromatic rings. The van der Waals surface area contributed by atoms with Crippen LogP contribution in [0.4, 0.5) is 0 Å². The second-order valence-electron chi connectivity index (χ2n) is 5.05. The first-order valence-electron chi connectivity index (χ1n) is 7.30. The van der Waals surface area contributed by atoms with Crippen molar-refractivity contribution in [2.45, 2.75) is 0 Å². The van der Waals surface area contributed by atoms with Crippen LogP contribution in [0.2, 0.25) is 0 Å². The van der Waals surface area contributed by atoms with Gasteiger partial charge in [-0.15, -0.1) is 0 Å². The van der Waals surface area contributed by atoms with Crippen LogP contribution in [0.15, 0.2) is 54.6 Å². The van der Waals surface area contributed by atoms with E-state index in [1.54, 1.807) is 14.2 Å². The number of benzene rings is 2. The van der Waals surface area contributed by atoms with Crippen molar-refractivity contribution in [3.63, 3.8) is 0 Å². The number of nitrogens with zero attached hydrogens (tertiary/aromatic N) is 1. The maximum absolute atomic E-state index is 5.28. The van der Waals surface area contributed by atoms with Crippen LogP contribution in [-0.4, -0.2) is 24.4 Å². The Labute approximate surface area is 135 Å². The van der Waals surface area contributed by atoms with E-state index in [2.05, 4.69) is 10.2 Å². The van der Waals surface area contributed by atoms with Gasteiger partial charge in [-0.3, -0.25) is 5.10 Å². The Morgan fingerprint density at radius 2 is 1.57 bits per heavy atom.